The van der Waals surface area contributed by atoms with Crippen LogP contribution in [0.15, 0.2) is 18.2 Å². The van der Waals surface area contributed by atoms with Crippen molar-refractivity contribution in [1.29, 1.82) is 0 Å². The summed E-state index contributed by atoms with van der Waals surface area (Å²) < 4.78 is 0. The largest absolute Gasteiger partial charge is 0.480 e. The number of carbonyl (C=O) groups is 2. The van der Waals surface area contributed by atoms with Gasteiger partial charge < -0.3 is 10.0 Å². The molecule has 1 N–H and O–H groups in total. The second-order valence-corrected chi connectivity index (χ2v) is 5.54. The normalized spacial score (nSPS) is 18.9. The molecule has 1 atom stereocenters. The predicted octanol–water partition coefficient (Wildman–Crippen LogP) is 2.31. The van der Waals surface area contributed by atoms with Gasteiger partial charge in [0.2, 0.25) is 5.91 Å². The number of nitrogens with zero attached hydrogens (tertiary/aromatic N) is 1. The molecule has 0 spiro atoms. The van der Waals surface area contributed by atoms with E-state index in [2.05, 4.69) is 0 Å². The third-order valence-electron chi connectivity index (χ3n) is 3.95. The van der Waals surface area contributed by atoms with Crippen LogP contribution in [0.4, 0.5) is 0 Å². The zero-order valence-corrected chi connectivity index (χ0v) is 12.1. The Balaban J connectivity index is 2.14. The van der Waals surface area contributed by atoms with E-state index in [0.29, 0.717) is 13.0 Å². The lowest BCUT2D eigenvalue weighted by molar-refractivity contribution is -0.151. The fourth-order valence-electron chi connectivity index (χ4n) is 2.74. The summed E-state index contributed by atoms with van der Waals surface area (Å²) in [6, 6.07) is 5.38. The van der Waals surface area contributed by atoms with Crippen molar-refractivity contribution in [1.82, 2.24) is 4.90 Å². The molecule has 1 amide bonds. The van der Waals surface area contributed by atoms with E-state index in [9.17, 15) is 14.7 Å². The monoisotopic (exact) mass is 275 g/mol. The molecule has 108 valence electrons. The summed E-state index contributed by atoms with van der Waals surface area (Å²) >= 11 is 0. The Kier molecular flexibility index (Phi) is 4.42. The Morgan fingerprint density at radius 2 is 2.05 bits per heavy atom. The van der Waals surface area contributed by atoms with Crippen molar-refractivity contribution < 1.29 is 14.7 Å². The molecule has 1 saturated heterocycles. The van der Waals surface area contributed by atoms with Crippen LogP contribution >= 0.6 is 0 Å². The lowest BCUT2D eigenvalue weighted by Crippen LogP contribution is -2.48. The van der Waals surface area contributed by atoms with Crippen LogP contribution in [0.25, 0.3) is 0 Å². The zero-order chi connectivity index (χ0) is 14.7. The van der Waals surface area contributed by atoms with Gasteiger partial charge in [0.05, 0.1) is 6.42 Å². The van der Waals surface area contributed by atoms with Crippen LogP contribution in [-0.2, 0) is 16.0 Å². The Bertz CT molecular complexity index is 524. The number of piperidine rings is 1. The minimum absolute atomic E-state index is 0.0780. The summed E-state index contributed by atoms with van der Waals surface area (Å²) in [4.78, 5) is 25.2. The number of likely N-dealkylation sites (tertiary alicyclic amines) is 1. The number of carboxylic acids is 1. The van der Waals surface area contributed by atoms with E-state index in [-0.39, 0.29) is 12.3 Å². The van der Waals surface area contributed by atoms with Gasteiger partial charge >= 0.3 is 5.97 Å². The molecule has 1 aliphatic heterocycles. The van der Waals surface area contributed by atoms with Gasteiger partial charge in [0.1, 0.15) is 6.04 Å². The van der Waals surface area contributed by atoms with Crippen LogP contribution in [0.2, 0.25) is 0 Å². The summed E-state index contributed by atoms with van der Waals surface area (Å²) in [5.41, 5.74) is 3.18. The molecule has 4 nitrogen and oxygen atoms in total. The number of carboxylic acid groups (broad SMARTS) is 1. The van der Waals surface area contributed by atoms with Gasteiger partial charge in [-0.05, 0) is 44.2 Å². The van der Waals surface area contributed by atoms with Gasteiger partial charge in [-0.1, -0.05) is 23.8 Å². The summed E-state index contributed by atoms with van der Waals surface area (Å²) in [6.07, 6.45) is 2.62. The highest BCUT2D eigenvalue weighted by atomic mass is 16.4. The van der Waals surface area contributed by atoms with E-state index >= 15 is 0 Å². The summed E-state index contributed by atoms with van der Waals surface area (Å²) in [5.74, 6) is -0.968. The lowest BCUT2D eigenvalue weighted by Gasteiger charge is -2.33. The first-order chi connectivity index (χ1) is 9.49. The molecule has 0 aromatic heterocycles. The van der Waals surface area contributed by atoms with Gasteiger partial charge in [-0.15, -0.1) is 0 Å². The molecule has 0 bridgehead atoms. The molecule has 1 fully saturated rings. The maximum absolute atomic E-state index is 12.4. The third-order valence-corrected chi connectivity index (χ3v) is 3.95. The van der Waals surface area contributed by atoms with Gasteiger partial charge in [0.15, 0.2) is 0 Å². The first-order valence-corrected chi connectivity index (χ1v) is 7.07. The van der Waals surface area contributed by atoms with E-state index in [1.807, 2.05) is 32.0 Å². The summed E-state index contributed by atoms with van der Waals surface area (Å²) in [7, 11) is 0. The minimum atomic E-state index is -0.890. The van der Waals surface area contributed by atoms with Crippen LogP contribution in [-0.4, -0.2) is 34.5 Å². The molecule has 1 heterocycles. The predicted molar refractivity (Wildman–Crippen MR) is 76.6 cm³/mol. The number of rotatable bonds is 3. The van der Waals surface area contributed by atoms with Crippen molar-refractivity contribution in [3.8, 4) is 0 Å². The molecule has 0 radical (unpaired) electrons. The number of hydrogen-bond donors (Lipinski definition) is 1. The molecular weight excluding hydrogens is 254 g/mol. The van der Waals surface area contributed by atoms with E-state index in [4.69, 9.17) is 0 Å². The SMILES string of the molecule is Cc1ccc(C)c(CC(=O)N2CCCC[C@H]2C(=O)O)c1. The van der Waals surface area contributed by atoms with E-state index < -0.39 is 12.0 Å². The Morgan fingerprint density at radius 1 is 1.30 bits per heavy atom. The Morgan fingerprint density at radius 3 is 2.75 bits per heavy atom. The standard InChI is InChI=1S/C16H21NO3/c1-11-6-7-12(2)13(9-11)10-15(18)17-8-4-3-5-14(17)16(19)20/h6-7,9,14H,3-5,8,10H2,1-2H3,(H,19,20)/t14-/m0/s1. The van der Waals surface area contributed by atoms with Crippen molar-refractivity contribution in [3.63, 3.8) is 0 Å². The maximum Gasteiger partial charge on any atom is 0.326 e. The molecule has 1 aromatic rings. The number of amides is 1. The Labute approximate surface area is 119 Å². The minimum Gasteiger partial charge on any atom is -0.480 e. The van der Waals surface area contributed by atoms with Crippen LogP contribution in [0.1, 0.15) is 36.0 Å². The average molecular weight is 275 g/mol. The highest BCUT2D eigenvalue weighted by molar-refractivity contribution is 5.85. The smallest absolute Gasteiger partial charge is 0.326 e. The second-order valence-electron chi connectivity index (χ2n) is 5.54. The highest BCUT2D eigenvalue weighted by Gasteiger charge is 2.31. The van der Waals surface area contributed by atoms with E-state index in [1.165, 1.54) is 4.90 Å². The molecule has 1 aliphatic rings. The van der Waals surface area contributed by atoms with Crippen molar-refractivity contribution in [2.75, 3.05) is 6.54 Å². The van der Waals surface area contributed by atoms with Crippen molar-refractivity contribution in [2.45, 2.75) is 45.6 Å². The summed E-state index contributed by atoms with van der Waals surface area (Å²) in [5, 5.41) is 9.23. The van der Waals surface area contributed by atoms with Crippen molar-refractivity contribution in [2.24, 2.45) is 0 Å². The zero-order valence-electron chi connectivity index (χ0n) is 12.1. The van der Waals surface area contributed by atoms with Gasteiger partial charge in [0, 0.05) is 6.54 Å². The number of aryl methyl sites for hydroxylation is 2. The topological polar surface area (TPSA) is 57.6 Å². The summed E-state index contributed by atoms with van der Waals surface area (Å²) in [6.45, 7) is 4.53. The van der Waals surface area contributed by atoms with Gasteiger partial charge in [-0.25, -0.2) is 4.79 Å². The molecule has 1 aromatic carbocycles. The quantitative estimate of drug-likeness (QED) is 0.921. The van der Waals surface area contributed by atoms with Crippen molar-refractivity contribution >= 4 is 11.9 Å². The molecular formula is C16H21NO3. The first-order valence-electron chi connectivity index (χ1n) is 7.07. The molecule has 0 aliphatic carbocycles. The second kappa shape index (κ2) is 6.07. The molecule has 0 saturated carbocycles. The van der Waals surface area contributed by atoms with Gasteiger partial charge in [0.25, 0.3) is 0 Å². The number of aliphatic carboxylic acids is 1. The van der Waals surface area contributed by atoms with Crippen LogP contribution in [0.3, 0.4) is 0 Å². The van der Waals surface area contributed by atoms with Crippen LogP contribution in [0.5, 0.6) is 0 Å². The molecule has 0 unspecified atom stereocenters. The van der Waals surface area contributed by atoms with Gasteiger partial charge in [-0.2, -0.15) is 0 Å². The van der Waals surface area contributed by atoms with Crippen LogP contribution in [0, 0.1) is 13.8 Å². The number of hydrogen-bond acceptors (Lipinski definition) is 2. The van der Waals surface area contributed by atoms with Gasteiger partial charge in [-0.3, -0.25) is 4.79 Å². The molecule has 20 heavy (non-hydrogen) atoms. The molecule has 4 heteroatoms. The molecule has 2 rings (SSSR count). The lowest BCUT2D eigenvalue weighted by atomic mass is 9.99. The van der Waals surface area contributed by atoms with E-state index in [1.54, 1.807) is 0 Å². The average Bonchev–Trinajstić information content (AvgIpc) is 2.42. The highest BCUT2D eigenvalue weighted by Crippen LogP contribution is 2.20. The van der Waals surface area contributed by atoms with E-state index in [0.717, 1.165) is 29.5 Å². The number of benzene rings is 1. The van der Waals surface area contributed by atoms with Crippen molar-refractivity contribution in [3.05, 3.63) is 34.9 Å². The maximum atomic E-state index is 12.4. The number of carbonyl (C=O) groups excluding carboxylic acids is 1. The van der Waals surface area contributed by atoms with Crippen LogP contribution < -0.4 is 0 Å². The fraction of sp³-hybridized carbons (Fsp3) is 0.500. The fourth-order valence-corrected chi connectivity index (χ4v) is 2.74. The third kappa shape index (κ3) is 3.18. The first kappa shape index (κ1) is 14.6. The Hall–Kier alpha value is -1.84.